The zero-order chi connectivity index (χ0) is 6.97. The number of para-hydroxylation sites is 2. The fourth-order valence-electron chi connectivity index (χ4n) is 0.869. The number of fused-ring (bicyclic) bond motifs is 1. The van der Waals surface area contributed by atoms with Gasteiger partial charge in [-0.2, -0.15) is 0 Å². The minimum absolute atomic E-state index is 0.315. The highest BCUT2D eigenvalue weighted by Crippen LogP contribution is 2.35. The summed E-state index contributed by atoms with van der Waals surface area (Å²) in [6, 6.07) is 7.56. The Morgan fingerprint density at radius 1 is 1.10 bits per heavy atom. The molecule has 2 rings (SSSR count). The first-order valence-corrected chi connectivity index (χ1v) is 3.84. The van der Waals surface area contributed by atoms with Gasteiger partial charge < -0.3 is 9.47 Å². The monoisotopic (exact) mass is 200 g/mol. The Hall–Kier alpha value is -0.700. The lowest BCUT2D eigenvalue weighted by atomic mass is 10.3. The number of ether oxygens (including phenoxy) is 2. The standard InChI is InChI=1S/C7H5BrO2/c8-7-9-5-3-1-2-4-6(5)10-7/h1-4,7H. The molecule has 0 spiro atoms. The van der Waals surface area contributed by atoms with E-state index in [4.69, 9.17) is 9.47 Å². The van der Waals surface area contributed by atoms with Crippen LogP contribution < -0.4 is 9.47 Å². The minimum Gasteiger partial charge on any atom is -0.441 e. The molecule has 3 heteroatoms. The maximum Gasteiger partial charge on any atom is 0.298 e. The van der Waals surface area contributed by atoms with E-state index in [2.05, 4.69) is 15.9 Å². The van der Waals surface area contributed by atoms with Crippen LogP contribution in [0, 0.1) is 0 Å². The second-order valence-electron chi connectivity index (χ2n) is 1.96. The van der Waals surface area contributed by atoms with Gasteiger partial charge in [0.1, 0.15) is 0 Å². The summed E-state index contributed by atoms with van der Waals surface area (Å²) in [5.41, 5.74) is 0. The van der Waals surface area contributed by atoms with Crippen molar-refractivity contribution in [2.75, 3.05) is 0 Å². The third kappa shape index (κ3) is 0.865. The van der Waals surface area contributed by atoms with Gasteiger partial charge >= 0.3 is 0 Å². The number of alkyl halides is 1. The summed E-state index contributed by atoms with van der Waals surface area (Å²) >= 11 is 3.17. The maximum absolute atomic E-state index is 5.20. The highest BCUT2D eigenvalue weighted by molar-refractivity contribution is 9.09. The molecular weight excluding hydrogens is 196 g/mol. The molecule has 0 bridgehead atoms. The summed E-state index contributed by atoms with van der Waals surface area (Å²) in [5, 5.41) is -0.315. The molecule has 1 aliphatic heterocycles. The number of hydrogen-bond donors (Lipinski definition) is 0. The Morgan fingerprint density at radius 3 is 2.10 bits per heavy atom. The minimum atomic E-state index is -0.315. The molecule has 0 atom stereocenters. The summed E-state index contributed by atoms with van der Waals surface area (Å²) in [4.78, 5) is 0. The fraction of sp³-hybridized carbons (Fsp3) is 0.143. The highest BCUT2D eigenvalue weighted by atomic mass is 79.9. The fourth-order valence-corrected chi connectivity index (χ4v) is 1.27. The molecule has 2 nitrogen and oxygen atoms in total. The molecule has 0 radical (unpaired) electrons. The summed E-state index contributed by atoms with van der Waals surface area (Å²) in [6.07, 6.45) is 0. The van der Waals surface area contributed by atoms with Crippen LogP contribution in [0.5, 0.6) is 11.5 Å². The largest absolute Gasteiger partial charge is 0.441 e. The molecule has 1 heterocycles. The molecule has 0 N–H and O–H groups in total. The Bertz CT molecular complexity index is 224. The molecular formula is C7H5BrO2. The predicted molar refractivity (Wildman–Crippen MR) is 40.4 cm³/mol. The molecule has 10 heavy (non-hydrogen) atoms. The Balaban J connectivity index is 2.42. The summed E-state index contributed by atoms with van der Waals surface area (Å²) < 4.78 is 10.4. The number of halogens is 1. The van der Waals surface area contributed by atoms with Gasteiger partial charge in [0.05, 0.1) is 0 Å². The molecule has 52 valence electrons. The van der Waals surface area contributed by atoms with Crippen molar-refractivity contribution in [3.8, 4) is 11.5 Å². The van der Waals surface area contributed by atoms with Gasteiger partial charge in [-0.3, -0.25) is 0 Å². The van der Waals surface area contributed by atoms with Crippen LogP contribution in [0.2, 0.25) is 0 Å². The van der Waals surface area contributed by atoms with Crippen molar-refractivity contribution in [3.63, 3.8) is 0 Å². The van der Waals surface area contributed by atoms with Gasteiger partial charge in [0, 0.05) is 15.9 Å². The van der Waals surface area contributed by atoms with Gasteiger partial charge in [0.15, 0.2) is 11.5 Å². The van der Waals surface area contributed by atoms with Gasteiger partial charge in [-0.1, -0.05) is 12.1 Å². The zero-order valence-electron chi connectivity index (χ0n) is 5.08. The van der Waals surface area contributed by atoms with Crippen LogP contribution >= 0.6 is 15.9 Å². The number of hydrogen-bond acceptors (Lipinski definition) is 2. The molecule has 0 unspecified atom stereocenters. The molecule has 0 aliphatic carbocycles. The smallest absolute Gasteiger partial charge is 0.298 e. The van der Waals surface area contributed by atoms with Crippen LogP contribution in [-0.2, 0) is 0 Å². The SMILES string of the molecule is BrC1Oc2ccccc2O1. The normalized spacial score (nSPS) is 15.7. The zero-order valence-corrected chi connectivity index (χ0v) is 6.67. The van der Waals surface area contributed by atoms with E-state index in [0.717, 1.165) is 11.5 Å². The van der Waals surface area contributed by atoms with Crippen LogP contribution in [0.4, 0.5) is 0 Å². The molecule has 0 saturated carbocycles. The second kappa shape index (κ2) is 2.16. The van der Waals surface area contributed by atoms with E-state index in [1.807, 2.05) is 24.3 Å². The first kappa shape index (κ1) is 6.04. The lowest BCUT2D eigenvalue weighted by Gasteiger charge is -1.97. The second-order valence-corrected chi connectivity index (χ2v) is 2.70. The topological polar surface area (TPSA) is 18.5 Å². The van der Waals surface area contributed by atoms with Crippen molar-refractivity contribution in [1.29, 1.82) is 0 Å². The Morgan fingerprint density at radius 2 is 1.60 bits per heavy atom. The van der Waals surface area contributed by atoms with Crippen LogP contribution in [0.1, 0.15) is 0 Å². The van der Waals surface area contributed by atoms with Crippen LogP contribution in [0.15, 0.2) is 24.3 Å². The van der Waals surface area contributed by atoms with Crippen molar-refractivity contribution in [1.82, 2.24) is 0 Å². The highest BCUT2D eigenvalue weighted by Gasteiger charge is 2.19. The molecule has 1 aliphatic rings. The predicted octanol–water partition coefficient (Wildman–Crippen LogP) is 2.14. The average Bonchev–Trinajstić information content (AvgIpc) is 2.27. The van der Waals surface area contributed by atoms with Gasteiger partial charge in [-0.25, -0.2) is 0 Å². The molecule has 0 fully saturated rings. The van der Waals surface area contributed by atoms with E-state index >= 15 is 0 Å². The molecule has 0 amide bonds. The molecule has 0 saturated heterocycles. The van der Waals surface area contributed by atoms with Gasteiger partial charge in [0.25, 0.3) is 5.20 Å². The van der Waals surface area contributed by atoms with E-state index in [-0.39, 0.29) is 5.20 Å². The summed E-state index contributed by atoms with van der Waals surface area (Å²) in [5.74, 6) is 1.59. The Kier molecular flexibility index (Phi) is 1.31. The van der Waals surface area contributed by atoms with E-state index in [9.17, 15) is 0 Å². The van der Waals surface area contributed by atoms with Crippen LogP contribution in [-0.4, -0.2) is 5.20 Å². The van der Waals surface area contributed by atoms with E-state index in [1.165, 1.54) is 0 Å². The van der Waals surface area contributed by atoms with Crippen molar-refractivity contribution < 1.29 is 9.47 Å². The lowest BCUT2D eigenvalue weighted by molar-refractivity contribution is 0.143. The van der Waals surface area contributed by atoms with Gasteiger partial charge in [-0.15, -0.1) is 0 Å². The number of benzene rings is 1. The van der Waals surface area contributed by atoms with Crippen LogP contribution in [0.3, 0.4) is 0 Å². The first-order valence-electron chi connectivity index (χ1n) is 2.93. The number of rotatable bonds is 0. The van der Waals surface area contributed by atoms with Crippen molar-refractivity contribution in [3.05, 3.63) is 24.3 Å². The van der Waals surface area contributed by atoms with Gasteiger partial charge in [0.2, 0.25) is 0 Å². The molecule has 1 aromatic rings. The summed E-state index contributed by atoms with van der Waals surface area (Å²) in [7, 11) is 0. The van der Waals surface area contributed by atoms with Crippen molar-refractivity contribution >= 4 is 15.9 Å². The van der Waals surface area contributed by atoms with Crippen molar-refractivity contribution in [2.45, 2.75) is 5.20 Å². The van der Waals surface area contributed by atoms with Crippen molar-refractivity contribution in [2.24, 2.45) is 0 Å². The summed E-state index contributed by atoms with van der Waals surface area (Å²) in [6.45, 7) is 0. The van der Waals surface area contributed by atoms with E-state index < -0.39 is 0 Å². The molecule has 0 aromatic heterocycles. The van der Waals surface area contributed by atoms with E-state index in [1.54, 1.807) is 0 Å². The Labute approximate surface area is 66.9 Å². The van der Waals surface area contributed by atoms with Crippen LogP contribution in [0.25, 0.3) is 0 Å². The molecule has 1 aromatic carbocycles. The van der Waals surface area contributed by atoms with Gasteiger partial charge in [-0.05, 0) is 12.1 Å². The maximum atomic E-state index is 5.20. The average molecular weight is 201 g/mol. The third-order valence-corrected chi connectivity index (χ3v) is 1.66. The third-order valence-electron chi connectivity index (χ3n) is 1.29. The van der Waals surface area contributed by atoms with E-state index in [0.29, 0.717) is 0 Å². The first-order chi connectivity index (χ1) is 4.86. The quantitative estimate of drug-likeness (QED) is 0.598. The lowest BCUT2D eigenvalue weighted by Crippen LogP contribution is -2.06.